The van der Waals surface area contributed by atoms with E-state index in [0.29, 0.717) is 23.3 Å². The number of nitrogens with zero attached hydrogens (tertiary/aromatic N) is 4. The molecule has 0 aliphatic carbocycles. The number of aromatic nitrogens is 3. The van der Waals surface area contributed by atoms with Gasteiger partial charge in [-0.2, -0.15) is 5.10 Å². The summed E-state index contributed by atoms with van der Waals surface area (Å²) in [5.41, 5.74) is 6.23. The van der Waals surface area contributed by atoms with Crippen LogP contribution < -0.4 is 10.2 Å². The third-order valence-electron chi connectivity index (χ3n) is 6.36. The van der Waals surface area contributed by atoms with Gasteiger partial charge < -0.3 is 14.8 Å². The van der Waals surface area contributed by atoms with Crippen molar-refractivity contribution in [3.63, 3.8) is 0 Å². The quantitative estimate of drug-likeness (QED) is 0.466. The Kier molecular flexibility index (Phi) is 5.74. The maximum atomic E-state index is 11.5. The number of nitrogens with one attached hydrogen (secondary N) is 1. The summed E-state index contributed by atoms with van der Waals surface area (Å²) in [4.78, 5) is 7.41. The third kappa shape index (κ3) is 4.06. The molecular weight excluding hydrogens is 434 g/mol. The second-order valence-corrected chi connectivity index (χ2v) is 9.60. The van der Waals surface area contributed by atoms with Crippen LogP contribution in [0.5, 0.6) is 0 Å². The van der Waals surface area contributed by atoms with Crippen LogP contribution in [0.1, 0.15) is 19.4 Å². The highest BCUT2D eigenvalue weighted by Gasteiger charge is 2.24. The Bertz CT molecular complexity index is 1320. The Morgan fingerprint density at radius 1 is 1.00 bits per heavy atom. The highest BCUT2D eigenvalue weighted by Crippen LogP contribution is 2.29. The fourth-order valence-electron chi connectivity index (χ4n) is 4.64. The minimum Gasteiger partial charge on any atom is -0.768 e. The first-order chi connectivity index (χ1) is 15.9. The molecule has 7 nitrogen and oxygen atoms in total. The van der Waals surface area contributed by atoms with Crippen molar-refractivity contribution in [2.24, 2.45) is 0 Å². The van der Waals surface area contributed by atoms with Crippen LogP contribution >= 0.6 is 0 Å². The Balaban J connectivity index is 1.45. The summed E-state index contributed by atoms with van der Waals surface area (Å²) in [6.45, 7) is 8.25. The number of fused-ring (bicyclic) bond motifs is 1. The smallest absolute Gasteiger partial charge is 0.162 e. The van der Waals surface area contributed by atoms with Crippen molar-refractivity contribution in [3.8, 4) is 22.3 Å². The van der Waals surface area contributed by atoms with E-state index in [1.807, 2.05) is 18.5 Å². The topological polar surface area (TPSA) is 85.6 Å². The van der Waals surface area contributed by atoms with Gasteiger partial charge in [0.1, 0.15) is 0 Å². The summed E-state index contributed by atoms with van der Waals surface area (Å²) in [5, 5.41) is 7.95. The lowest BCUT2D eigenvalue weighted by molar-refractivity contribution is 0.432. The molecule has 170 valence electrons. The summed E-state index contributed by atoms with van der Waals surface area (Å²) in [6, 6.07) is 14.9. The zero-order chi connectivity index (χ0) is 23.1. The van der Waals surface area contributed by atoms with E-state index in [-0.39, 0.29) is 4.90 Å². The molecule has 8 heteroatoms. The molecule has 1 aliphatic heterocycles. The number of anilines is 1. The molecule has 0 saturated carbocycles. The lowest BCUT2D eigenvalue weighted by Gasteiger charge is -2.41. The van der Waals surface area contributed by atoms with Gasteiger partial charge in [-0.3, -0.25) is 4.21 Å². The molecule has 1 saturated heterocycles. The maximum Gasteiger partial charge on any atom is 0.162 e. The molecule has 1 aliphatic rings. The average molecular weight is 461 g/mol. The maximum absolute atomic E-state index is 11.5. The monoisotopic (exact) mass is 460 g/mol. The number of rotatable bonds is 4. The predicted molar refractivity (Wildman–Crippen MR) is 130 cm³/mol. The molecular formula is C25H26N5O2S-. The first kappa shape index (κ1) is 21.8. The van der Waals surface area contributed by atoms with Crippen molar-refractivity contribution >= 4 is 22.4 Å². The average Bonchev–Trinajstić information content (AvgIpc) is 3.23. The fraction of sp³-hybridized carbons (Fsp3) is 0.280. The van der Waals surface area contributed by atoms with Crippen LogP contribution in [0.2, 0.25) is 0 Å². The summed E-state index contributed by atoms with van der Waals surface area (Å²) >= 11 is -2.29. The van der Waals surface area contributed by atoms with Gasteiger partial charge in [0, 0.05) is 59.3 Å². The Morgan fingerprint density at radius 3 is 2.39 bits per heavy atom. The van der Waals surface area contributed by atoms with Crippen LogP contribution in [0.3, 0.4) is 0 Å². The van der Waals surface area contributed by atoms with Gasteiger partial charge in [0.25, 0.3) is 0 Å². The number of benzene rings is 2. The highest BCUT2D eigenvalue weighted by molar-refractivity contribution is 7.79. The molecule has 4 aromatic rings. The minimum absolute atomic E-state index is 0.289. The fourth-order valence-corrected chi connectivity index (χ4v) is 5.20. The molecule has 1 N–H and O–H groups in total. The zero-order valence-corrected chi connectivity index (χ0v) is 19.7. The number of aryl methyl sites for hydroxylation is 1. The van der Waals surface area contributed by atoms with E-state index in [9.17, 15) is 8.76 Å². The van der Waals surface area contributed by atoms with Gasteiger partial charge >= 0.3 is 0 Å². The van der Waals surface area contributed by atoms with Gasteiger partial charge in [0.05, 0.1) is 6.20 Å². The van der Waals surface area contributed by atoms with Crippen molar-refractivity contribution in [1.29, 1.82) is 0 Å². The third-order valence-corrected chi connectivity index (χ3v) is 7.16. The summed E-state index contributed by atoms with van der Waals surface area (Å²) < 4.78 is 24.8. The van der Waals surface area contributed by atoms with Gasteiger partial charge in [-0.25, -0.2) is 9.50 Å². The molecule has 0 radical (unpaired) electrons. The zero-order valence-electron chi connectivity index (χ0n) is 18.9. The van der Waals surface area contributed by atoms with E-state index in [1.54, 1.807) is 29.8 Å². The van der Waals surface area contributed by atoms with E-state index in [1.165, 1.54) is 5.69 Å². The van der Waals surface area contributed by atoms with Crippen molar-refractivity contribution < 1.29 is 8.76 Å². The molecule has 33 heavy (non-hydrogen) atoms. The molecule has 0 bridgehead atoms. The molecule has 3 atom stereocenters. The summed E-state index contributed by atoms with van der Waals surface area (Å²) in [5.74, 6) is 0. The number of piperazine rings is 1. The van der Waals surface area contributed by atoms with Crippen molar-refractivity contribution in [1.82, 2.24) is 19.9 Å². The lowest BCUT2D eigenvalue weighted by atomic mass is 10.0. The molecule has 0 spiro atoms. The normalized spacial score (nSPS) is 19.7. The van der Waals surface area contributed by atoms with Gasteiger partial charge in [-0.15, -0.1) is 0 Å². The molecule has 0 amide bonds. The van der Waals surface area contributed by atoms with E-state index in [0.717, 1.165) is 35.3 Å². The molecule has 2 aromatic heterocycles. The Hall–Kier alpha value is -3.07. The first-order valence-corrected chi connectivity index (χ1v) is 12.1. The lowest BCUT2D eigenvalue weighted by Crippen LogP contribution is -2.55. The highest BCUT2D eigenvalue weighted by atomic mass is 32.2. The van der Waals surface area contributed by atoms with Crippen LogP contribution in [-0.2, 0) is 11.1 Å². The molecule has 5 rings (SSSR count). The van der Waals surface area contributed by atoms with Crippen LogP contribution in [0, 0.1) is 6.92 Å². The molecule has 2 aromatic carbocycles. The van der Waals surface area contributed by atoms with Gasteiger partial charge in [0.2, 0.25) is 0 Å². The van der Waals surface area contributed by atoms with E-state index in [2.05, 4.69) is 58.4 Å². The second-order valence-electron chi connectivity index (χ2n) is 8.69. The van der Waals surface area contributed by atoms with Crippen LogP contribution in [0.4, 0.5) is 5.69 Å². The van der Waals surface area contributed by atoms with Crippen LogP contribution in [-0.4, -0.2) is 48.5 Å². The van der Waals surface area contributed by atoms with E-state index < -0.39 is 11.1 Å². The Morgan fingerprint density at radius 2 is 1.70 bits per heavy atom. The predicted octanol–water partition coefficient (Wildman–Crippen LogP) is 3.80. The number of hydrogen-bond acceptors (Lipinski definition) is 6. The van der Waals surface area contributed by atoms with Crippen molar-refractivity contribution in [2.45, 2.75) is 37.8 Å². The van der Waals surface area contributed by atoms with Gasteiger partial charge in [-0.05, 0) is 66.7 Å². The van der Waals surface area contributed by atoms with Gasteiger partial charge in [0.15, 0.2) is 5.65 Å². The summed E-state index contributed by atoms with van der Waals surface area (Å²) in [6.07, 6.45) is 5.52. The Labute approximate surface area is 195 Å². The van der Waals surface area contributed by atoms with Crippen molar-refractivity contribution in [2.75, 3.05) is 18.0 Å². The second kappa shape index (κ2) is 8.70. The number of hydrogen-bond donors (Lipinski definition) is 1. The SMILES string of the molecule is Cc1ccc(-c2cnn3cc(-c4ccc(N5[C@H](C)CNC[C@@H]5C)cc4)cnc23)cc1S(=O)[O-]. The minimum atomic E-state index is -2.29. The first-order valence-electron chi connectivity index (χ1n) is 11.1. The van der Waals surface area contributed by atoms with Crippen molar-refractivity contribution in [3.05, 3.63) is 66.6 Å². The molecule has 1 fully saturated rings. The largest absolute Gasteiger partial charge is 0.768 e. The van der Waals surface area contributed by atoms with Crippen LogP contribution in [0.15, 0.2) is 66.0 Å². The molecule has 1 unspecified atom stereocenters. The van der Waals surface area contributed by atoms with E-state index in [4.69, 9.17) is 0 Å². The van der Waals surface area contributed by atoms with Gasteiger partial charge in [-0.1, -0.05) is 24.3 Å². The molecule has 3 heterocycles. The van der Waals surface area contributed by atoms with Crippen LogP contribution in [0.25, 0.3) is 27.9 Å². The van der Waals surface area contributed by atoms with E-state index >= 15 is 0 Å². The standard InChI is InChI=1S/C25H27N5O2S/c1-16-4-5-20(10-24(16)33(31)32)23-14-28-29-15-21(13-27-25(23)29)19-6-8-22(9-7-19)30-17(2)11-26-12-18(30)3/h4-10,13-15,17-18,26H,11-12H2,1-3H3,(H,31,32)/p-1/t17-,18+. The summed E-state index contributed by atoms with van der Waals surface area (Å²) in [7, 11) is 0.